The summed E-state index contributed by atoms with van der Waals surface area (Å²) >= 11 is 0. The van der Waals surface area contributed by atoms with Crippen LogP contribution in [0.1, 0.15) is 24.1 Å². The zero-order chi connectivity index (χ0) is 15.7. The average Bonchev–Trinajstić information content (AvgIpc) is 3.10. The second-order valence-electron chi connectivity index (χ2n) is 5.09. The molecule has 5 nitrogen and oxygen atoms in total. The Labute approximate surface area is 123 Å². The number of aliphatic hydroxyl groups is 1. The minimum absolute atomic E-state index is 0.105. The summed E-state index contributed by atoms with van der Waals surface area (Å²) in [6, 6.07) is 1.79. The fourth-order valence-electron chi connectivity index (χ4n) is 2.61. The molecule has 22 heavy (non-hydrogen) atoms. The van der Waals surface area contributed by atoms with E-state index in [0.29, 0.717) is 24.2 Å². The summed E-state index contributed by atoms with van der Waals surface area (Å²) in [5.41, 5.74) is 0.593. The number of aromatic nitrogens is 3. The number of nitrogens with one attached hydrogen (secondary N) is 1. The van der Waals surface area contributed by atoms with Crippen molar-refractivity contribution in [2.24, 2.45) is 4.99 Å². The fourth-order valence-corrected chi connectivity index (χ4v) is 2.61. The molecule has 0 amide bonds. The van der Waals surface area contributed by atoms with Crippen molar-refractivity contribution in [3.63, 3.8) is 0 Å². The lowest BCUT2D eigenvalue weighted by Gasteiger charge is -2.09. The lowest BCUT2D eigenvalue weighted by molar-refractivity contribution is -0.142. The van der Waals surface area contributed by atoms with E-state index in [2.05, 4.69) is 15.1 Å². The van der Waals surface area contributed by atoms with Crippen LogP contribution in [0, 0.1) is 0 Å². The molecule has 0 radical (unpaired) electrons. The largest absolute Gasteiger partial charge is 0.435 e. The summed E-state index contributed by atoms with van der Waals surface area (Å²) in [5.74, 6) is 0. The van der Waals surface area contributed by atoms with Crippen LogP contribution in [0.25, 0.3) is 5.70 Å². The van der Waals surface area contributed by atoms with Crippen molar-refractivity contribution < 1.29 is 18.3 Å². The standard InChI is InChI=1S/C14H15F3N4O/c15-14(16,17)12-9(2-1-7-22)8-21(20-12)11-4-6-19-13-10(11)3-5-18-13/h3,5,8,22H,1-2,4,6-7H2,(H,18,19). The first kappa shape index (κ1) is 14.8. The predicted octanol–water partition coefficient (Wildman–Crippen LogP) is 0.835. The highest BCUT2D eigenvalue weighted by Crippen LogP contribution is 2.32. The van der Waals surface area contributed by atoms with Gasteiger partial charge in [-0.25, -0.2) is 4.68 Å². The monoisotopic (exact) mass is 312 g/mol. The van der Waals surface area contributed by atoms with Crippen molar-refractivity contribution in [1.82, 2.24) is 14.8 Å². The molecule has 0 bridgehead atoms. The van der Waals surface area contributed by atoms with E-state index in [4.69, 9.17) is 5.11 Å². The Morgan fingerprint density at radius 3 is 2.91 bits per heavy atom. The molecule has 0 saturated carbocycles. The first-order chi connectivity index (χ1) is 10.5. The Morgan fingerprint density at radius 1 is 1.36 bits per heavy atom. The van der Waals surface area contributed by atoms with Gasteiger partial charge in [0.1, 0.15) is 5.49 Å². The van der Waals surface area contributed by atoms with Crippen LogP contribution in [0.2, 0.25) is 0 Å². The Morgan fingerprint density at radius 2 is 2.18 bits per heavy atom. The second kappa shape index (κ2) is 5.60. The molecule has 3 rings (SSSR count). The smallest absolute Gasteiger partial charge is 0.396 e. The molecule has 118 valence electrons. The minimum atomic E-state index is -4.50. The lowest BCUT2D eigenvalue weighted by atomic mass is 10.1. The van der Waals surface area contributed by atoms with Gasteiger partial charge in [0.15, 0.2) is 5.69 Å². The molecule has 2 N–H and O–H groups in total. The maximum absolute atomic E-state index is 13.1. The Hall–Kier alpha value is -2.09. The highest BCUT2D eigenvalue weighted by atomic mass is 19.4. The van der Waals surface area contributed by atoms with Crippen LogP contribution in [0.5, 0.6) is 0 Å². The number of hydrogen-bond donors (Lipinski definition) is 2. The molecule has 0 fully saturated rings. The van der Waals surface area contributed by atoms with E-state index >= 15 is 0 Å². The van der Waals surface area contributed by atoms with Gasteiger partial charge >= 0.3 is 6.18 Å². The number of fused-ring (bicyclic) bond motifs is 1. The molecule has 2 aromatic heterocycles. The maximum Gasteiger partial charge on any atom is 0.435 e. The summed E-state index contributed by atoms with van der Waals surface area (Å²) < 4.78 is 40.7. The summed E-state index contributed by atoms with van der Waals surface area (Å²) in [7, 11) is 0. The van der Waals surface area contributed by atoms with Crippen LogP contribution in [0.15, 0.2) is 23.5 Å². The van der Waals surface area contributed by atoms with E-state index in [9.17, 15) is 13.2 Å². The third-order valence-electron chi connectivity index (χ3n) is 3.59. The molecule has 2 aromatic rings. The number of alkyl halides is 3. The van der Waals surface area contributed by atoms with Crippen LogP contribution in [0.4, 0.5) is 13.2 Å². The third kappa shape index (κ3) is 2.66. The summed E-state index contributed by atoms with van der Waals surface area (Å²) in [4.78, 5) is 7.24. The second-order valence-corrected chi connectivity index (χ2v) is 5.09. The number of nitrogens with zero attached hydrogens (tertiary/aromatic N) is 3. The van der Waals surface area contributed by atoms with Gasteiger partial charge in [-0.3, -0.25) is 4.99 Å². The fraction of sp³-hybridized carbons (Fsp3) is 0.429. The molecular weight excluding hydrogens is 297 g/mol. The van der Waals surface area contributed by atoms with E-state index in [1.165, 1.54) is 10.9 Å². The number of aromatic amines is 1. The normalized spacial score (nSPS) is 14.8. The summed E-state index contributed by atoms with van der Waals surface area (Å²) in [6.07, 6.45) is -0.437. The summed E-state index contributed by atoms with van der Waals surface area (Å²) in [5, 5.41) is 13.4. The van der Waals surface area contributed by atoms with E-state index in [1.54, 1.807) is 12.3 Å². The Balaban J connectivity index is 2.12. The van der Waals surface area contributed by atoms with Gasteiger partial charge in [0.05, 0.1) is 5.70 Å². The van der Waals surface area contributed by atoms with Gasteiger partial charge in [-0.2, -0.15) is 18.3 Å². The molecule has 8 heteroatoms. The van der Waals surface area contributed by atoms with E-state index in [1.807, 2.05) is 0 Å². The molecule has 0 aromatic carbocycles. The van der Waals surface area contributed by atoms with Gasteiger partial charge < -0.3 is 10.1 Å². The molecule has 3 heterocycles. The van der Waals surface area contributed by atoms with Crippen LogP contribution in [-0.4, -0.2) is 33.0 Å². The SMILES string of the molecule is OCCCc1cn(C2=c3cc[nH]c3=NCC2)nc1C(F)(F)F. The van der Waals surface area contributed by atoms with Crippen molar-refractivity contribution in [3.8, 4) is 0 Å². The van der Waals surface area contributed by atoms with Crippen LogP contribution in [0.3, 0.4) is 0 Å². The third-order valence-corrected chi connectivity index (χ3v) is 3.59. The molecule has 0 spiro atoms. The zero-order valence-electron chi connectivity index (χ0n) is 11.7. The van der Waals surface area contributed by atoms with Crippen molar-refractivity contribution in [3.05, 3.63) is 40.4 Å². The zero-order valence-corrected chi connectivity index (χ0v) is 11.7. The van der Waals surface area contributed by atoms with Crippen LogP contribution in [-0.2, 0) is 12.6 Å². The highest BCUT2D eigenvalue weighted by molar-refractivity contribution is 5.46. The molecule has 0 unspecified atom stereocenters. The topological polar surface area (TPSA) is 66.2 Å². The minimum Gasteiger partial charge on any atom is -0.396 e. The first-order valence-electron chi connectivity index (χ1n) is 6.98. The quantitative estimate of drug-likeness (QED) is 0.878. The van der Waals surface area contributed by atoms with Crippen LogP contribution >= 0.6 is 0 Å². The Bertz CT molecular complexity index is 788. The van der Waals surface area contributed by atoms with Gasteiger partial charge in [-0.15, -0.1) is 0 Å². The average molecular weight is 312 g/mol. The first-order valence-corrected chi connectivity index (χ1v) is 6.98. The van der Waals surface area contributed by atoms with Gasteiger partial charge in [0, 0.05) is 42.7 Å². The molecule has 1 aliphatic rings. The van der Waals surface area contributed by atoms with Crippen molar-refractivity contribution in [2.75, 3.05) is 13.2 Å². The molecular formula is C14H15F3N4O. The number of aryl methyl sites for hydroxylation is 1. The van der Waals surface area contributed by atoms with Gasteiger partial charge in [-0.1, -0.05) is 0 Å². The highest BCUT2D eigenvalue weighted by Gasteiger charge is 2.37. The van der Waals surface area contributed by atoms with Gasteiger partial charge in [-0.05, 0) is 18.9 Å². The number of rotatable bonds is 4. The van der Waals surface area contributed by atoms with Crippen molar-refractivity contribution in [1.29, 1.82) is 0 Å². The number of hydrogen-bond acceptors (Lipinski definition) is 3. The Kier molecular flexibility index (Phi) is 3.78. The lowest BCUT2D eigenvalue weighted by Crippen LogP contribution is -2.32. The number of H-pyrrole nitrogens is 1. The molecule has 0 atom stereocenters. The van der Waals surface area contributed by atoms with Crippen LogP contribution < -0.4 is 10.7 Å². The summed E-state index contributed by atoms with van der Waals surface area (Å²) in [6.45, 7) is 0.357. The molecule has 0 aliphatic carbocycles. The van der Waals surface area contributed by atoms with E-state index in [0.717, 1.165) is 5.22 Å². The van der Waals surface area contributed by atoms with Crippen molar-refractivity contribution in [2.45, 2.75) is 25.4 Å². The molecule has 0 saturated heterocycles. The number of aliphatic hydroxyl groups excluding tert-OH is 1. The van der Waals surface area contributed by atoms with E-state index in [-0.39, 0.29) is 25.0 Å². The maximum atomic E-state index is 13.1. The predicted molar refractivity (Wildman–Crippen MR) is 72.5 cm³/mol. The van der Waals surface area contributed by atoms with Crippen molar-refractivity contribution >= 4 is 5.70 Å². The van der Waals surface area contributed by atoms with E-state index < -0.39 is 11.9 Å². The molecule has 1 aliphatic heterocycles. The van der Waals surface area contributed by atoms with Gasteiger partial charge in [0.2, 0.25) is 0 Å². The number of halogens is 3. The van der Waals surface area contributed by atoms with Gasteiger partial charge in [0.25, 0.3) is 0 Å².